The van der Waals surface area contributed by atoms with Gasteiger partial charge in [-0.25, -0.2) is 9.59 Å². The Kier molecular flexibility index (Phi) is 10.4. The van der Waals surface area contributed by atoms with Gasteiger partial charge in [0, 0.05) is 11.1 Å². The van der Waals surface area contributed by atoms with E-state index in [0.29, 0.717) is 11.1 Å². The second-order valence-electron chi connectivity index (χ2n) is 4.09. The van der Waals surface area contributed by atoms with E-state index in [4.69, 9.17) is 10.2 Å². The standard InChI is InChI=1S/C15H10O5.2K.2H/c16-13(9-1-5-11(6-2-9)14(17)18)10-3-7-12(8-4-10)15(19)20;;;;/h1-8H,(H,17,18)(H,19,20);;;;/q;2*+1;2*-1. The van der Waals surface area contributed by atoms with Crippen molar-refractivity contribution in [3.8, 4) is 0 Å². The predicted molar refractivity (Wildman–Crippen MR) is 72.5 cm³/mol. The van der Waals surface area contributed by atoms with Gasteiger partial charge in [0.2, 0.25) is 0 Å². The molecule has 22 heavy (non-hydrogen) atoms. The van der Waals surface area contributed by atoms with Gasteiger partial charge in [-0.1, -0.05) is 24.3 Å². The van der Waals surface area contributed by atoms with Crippen LogP contribution in [0.15, 0.2) is 48.5 Å². The average molecular weight is 350 g/mol. The number of carboxylic acid groups (broad SMARTS) is 2. The Bertz CT molecular complexity index is 629. The molecule has 0 aliphatic carbocycles. The molecule has 2 aromatic rings. The second kappa shape index (κ2) is 10.2. The summed E-state index contributed by atoms with van der Waals surface area (Å²) >= 11 is 0. The SMILES string of the molecule is O=C(O)c1ccc(C(=O)c2ccc(C(=O)O)cc2)cc1.[H-].[H-].[K+].[K+]. The smallest absolute Gasteiger partial charge is 1.00 e. The fourth-order valence-corrected chi connectivity index (χ4v) is 1.70. The molecule has 0 radical (unpaired) electrons. The van der Waals surface area contributed by atoms with Gasteiger partial charge in [-0.05, 0) is 24.3 Å². The number of hydrogen-bond acceptors (Lipinski definition) is 3. The number of aromatic carboxylic acids is 2. The Balaban J connectivity index is -0.00000110. The van der Waals surface area contributed by atoms with Gasteiger partial charge in [0.25, 0.3) is 0 Å². The summed E-state index contributed by atoms with van der Waals surface area (Å²) in [7, 11) is 0. The predicted octanol–water partition coefficient (Wildman–Crippen LogP) is -3.45. The van der Waals surface area contributed by atoms with Crippen molar-refractivity contribution in [2.45, 2.75) is 0 Å². The molecule has 0 saturated heterocycles. The molecule has 104 valence electrons. The van der Waals surface area contributed by atoms with E-state index in [2.05, 4.69) is 0 Å². The van der Waals surface area contributed by atoms with Crippen LogP contribution in [0.5, 0.6) is 0 Å². The van der Waals surface area contributed by atoms with Crippen molar-refractivity contribution in [3.63, 3.8) is 0 Å². The van der Waals surface area contributed by atoms with E-state index in [-0.39, 0.29) is 123 Å². The van der Waals surface area contributed by atoms with Crippen LogP contribution in [0.1, 0.15) is 39.5 Å². The minimum absolute atomic E-state index is 0. The first-order valence-electron chi connectivity index (χ1n) is 5.70. The summed E-state index contributed by atoms with van der Waals surface area (Å²) in [6, 6.07) is 11.1. The van der Waals surface area contributed by atoms with Gasteiger partial charge in [0.05, 0.1) is 11.1 Å². The summed E-state index contributed by atoms with van der Waals surface area (Å²) in [4.78, 5) is 33.5. The summed E-state index contributed by atoms with van der Waals surface area (Å²) in [6.45, 7) is 0. The first-order valence-corrected chi connectivity index (χ1v) is 5.70. The molecule has 2 N–H and O–H groups in total. The number of benzene rings is 2. The van der Waals surface area contributed by atoms with Crippen LogP contribution in [0.4, 0.5) is 0 Å². The minimum Gasteiger partial charge on any atom is -1.00 e. The molecule has 2 rings (SSSR count). The topological polar surface area (TPSA) is 91.7 Å². The molecule has 0 fully saturated rings. The zero-order valence-electron chi connectivity index (χ0n) is 14.2. The monoisotopic (exact) mass is 350 g/mol. The number of hydrogen-bond donors (Lipinski definition) is 2. The molecule has 2 aromatic carbocycles. The molecule has 5 nitrogen and oxygen atoms in total. The van der Waals surface area contributed by atoms with Gasteiger partial charge in [-0.15, -0.1) is 0 Å². The number of carboxylic acids is 2. The largest absolute Gasteiger partial charge is 1.00 e. The van der Waals surface area contributed by atoms with Crippen molar-refractivity contribution < 1.29 is 130 Å². The van der Waals surface area contributed by atoms with Gasteiger partial charge in [-0.2, -0.15) is 0 Å². The van der Waals surface area contributed by atoms with Crippen molar-refractivity contribution in [1.29, 1.82) is 0 Å². The summed E-state index contributed by atoms with van der Waals surface area (Å²) < 4.78 is 0. The Morgan fingerprint density at radius 2 is 0.818 bits per heavy atom. The average Bonchev–Trinajstić information content (AvgIpc) is 2.46. The quantitative estimate of drug-likeness (QED) is 0.442. The number of ketones is 1. The summed E-state index contributed by atoms with van der Waals surface area (Å²) in [6.07, 6.45) is 0. The molecule has 0 aliphatic rings. The number of carbonyl (C=O) groups excluding carboxylic acids is 1. The van der Waals surface area contributed by atoms with E-state index in [9.17, 15) is 14.4 Å². The van der Waals surface area contributed by atoms with Gasteiger partial charge in [0.15, 0.2) is 5.78 Å². The van der Waals surface area contributed by atoms with Crippen LogP contribution in [0.2, 0.25) is 0 Å². The minimum atomic E-state index is -1.06. The maximum Gasteiger partial charge on any atom is 1.00 e. The van der Waals surface area contributed by atoms with Crippen molar-refractivity contribution in [2.24, 2.45) is 0 Å². The van der Waals surface area contributed by atoms with E-state index in [1.807, 2.05) is 0 Å². The molecule has 0 spiro atoms. The summed E-state index contributed by atoms with van der Waals surface area (Å²) in [5.74, 6) is -2.41. The Labute approximate surface area is 214 Å². The Hall–Kier alpha value is 0.323. The third-order valence-corrected chi connectivity index (χ3v) is 2.79. The van der Waals surface area contributed by atoms with Crippen LogP contribution in [0.25, 0.3) is 0 Å². The molecule has 7 heteroatoms. The van der Waals surface area contributed by atoms with E-state index in [1.54, 1.807) is 0 Å². The third kappa shape index (κ3) is 5.75. The molecule has 0 atom stereocenters. The number of rotatable bonds is 4. The molecule has 0 heterocycles. The molecule has 0 aromatic heterocycles. The molecular weight excluding hydrogens is 338 g/mol. The first-order chi connectivity index (χ1) is 9.49. The van der Waals surface area contributed by atoms with Crippen LogP contribution < -0.4 is 103 Å². The first kappa shape index (κ1) is 22.3. The number of carbonyl (C=O) groups is 3. The Morgan fingerprint density at radius 1 is 0.591 bits per heavy atom. The summed E-state index contributed by atoms with van der Waals surface area (Å²) in [5, 5.41) is 17.5. The van der Waals surface area contributed by atoms with Gasteiger partial charge in [0.1, 0.15) is 0 Å². The van der Waals surface area contributed by atoms with Crippen LogP contribution in [-0.4, -0.2) is 27.9 Å². The second-order valence-corrected chi connectivity index (χ2v) is 4.09. The van der Waals surface area contributed by atoms with Crippen molar-refractivity contribution in [3.05, 3.63) is 70.8 Å². The molecule has 0 bridgehead atoms. The van der Waals surface area contributed by atoms with E-state index in [1.165, 1.54) is 48.5 Å². The normalized spacial score (nSPS) is 9.09. The fraction of sp³-hybridized carbons (Fsp3) is 0. The zero-order valence-corrected chi connectivity index (χ0v) is 18.5. The maximum absolute atomic E-state index is 12.1. The Morgan fingerprint density at radius 3 is 1.05 bits per heavy atom. The zero-order chi connectivity index (χ0) is 14.7. The van der Waals surface area contributed by atoms with Crippen molar-refractivity contribution in [2.75, 3.05) is 0 Å². The third-order valence-electron chi connectivity index (χ3n) is 2.79. The van der Waals surface area contributed by atoms with Crippen LogP contribution in [0.3, 0.4) is 0 Å². The van der Waals surface area contributed by atoms with E-state index < -0.39 is 11.9 Å². The maximum atomic E-state index is 12.1. The molecule has 0 amide bonds. The summed E-state index contributed by atoms with van der Waals surface area (Å²) in [5.41, 5.74) is 0.890. The molecule has 0 saturated carbocycles. The van der Waals surface area contributed by atoms with Crippen molar-refractivity contribution in [1.82, 2.24) is 0 Å². The van der Waals surface area contributed by atoms with Crippen LogP contribution in [0, 0.1) is 0 Å². The van der Waals surface area contributed by atoms with Crippen molar-refractivity contribution >= 4 is 17.7 Å². The molecule has 0 aliphatic heterocycles. The van der Waals surface area contributed by atoms with Gasteiger partial charge in [-0.3, -0.25) is 4.79 Å². The van der Waals surface area contributed by atoms with Gasteiger partial charge >= 0.3 is 115 Å². The molecule has 0 unspecified atom stereocenters. The fourth-order valence-electron chi connectivity index (χ4n) is 1.70. The van der Waals surface area contributed by atoms with Gasteiger partial charge < -0.3 is 13.1 Å². The molecular formula is C15H12K2O5. The van der Waals surface area contributed by atoms with E-state index >= 15 is 0 Å². The van der Waals surface area contributed by atoms with Crippen LogP contribution in [-0.2, 0) is 0 Å². The van der Waals surface area contributed by atoms with Crippen LogP contribution >= 0.6 is 0 Å². The van der Waals surface area contributed by atoms with E-state index in [0.717, 1.165) is 0 Å².